The van der Waals surface area contributed by atoms with E-state index in [1.165, 1.54) is 12.8 Å². The fourth-order valence-corrected chi connectivity index (χ4v) is 3.37. The summed E-state index contributed by atoms with van der Waals surface area (Å²) in [6.07, 6.45) is 4.88. The molecule has 0 heterocycles. The van der Waals surface area contributed by atoms with Crippen LogP contribution in [0.2, 0.25) is 0 Å². The maximum Gasteiger partial charge on any atom is 0.252 e. The minimum absolute atomic E-state index is 0.0196. The van der Waals surface area contributed by atoms with Gasteiger partial charge in [-0.15, -0.1) is 0 Å². The molecule has 0 saturated heterocycles. The zero-order valence-electron chi connectivity index (χ0n) is 11.6. The van der Waals surface area contributed by atoms with Gasteiger partial charge in [0.25, 0.3) is 5.91 Å². The van der Waals surface area contributed by atoms with Crippen molar-refractivity contribution in [2.75, 3.05) is 6.54 Å². The molecule has 1 aliphatic rings. The molecular weight excluding hydrogens is 447 g/mol. The van der Waals surface area contributed by atoms with Gasteiger partial charge >= 0.3 is 0 Å². The first-order chi connectivity index (χ1) is 10.1. The van der Waals surface area contributed by atoms with Crippen molar-refractivity contribution < 1.29 is 9.59 Å². The molecule has 114 valence electrons. The van der Waals surface area contributed by atoms with Gasteiger partial charge in [-0.1, -0.05) is 28.8 Å². The number of carbonyl (C=O) groups is 2. The Hall–Kier alpha value is -0.630. The number of hydrogen-bond donors (Lipinski definition) is 2. The van der Waals surface area contributed by atoms with Gasteiger partial charge in [0, 0.05) is 27.1 Å². The number of amides is 2. The Bertz CT molecular complexity index is 530. The fraction of sp³-hybridized carbons (Fsp3) is 0.467. The molecule has 0 atom stereocenters. The average Bonchev–Trinajstić information content (AvgIpc) is 2.94. The van der Waals surface area contributed by atoms with Gasteiger partial charge in [0.2, 0.25) is 5.91 Å². The Morgan fingerprint density at radius 1 is 1.29 bits per heavy atom. The second-order valence-corrected chi connectivity index (χ2v) is 7.26. The Balaban J connectivity index is 1.76. The van der Waals surface area contributed by atoms with E-state index < -0.39 is 0 Å². The summed E-state index contributed by atoms with van der Waals surface area (Å²) in [5.74, 6) is -0.125. The van der Waals surface area contributed by atoms with Crippen LogP contribution in [0.4, 0.5) is 0 Å². The second kappa shape index (κ2) is 8.12. The van der Waals surface area contributed by atoms with Crippen LogP contribution in [-0.2, 0) is 4.79 Å². The summed E-state index contributed by atoms with van der Waals surface area (Å²) in [6.45, 7) is 0.361. The molecule has 21 heavy (non-hydrogen) atoms. The SMILES string of the molecule is O=C(CCNC(=O)c1cc(Br)ccc1I)NC1CCCC1. The molecular formula is C15H18BrIN2O2. The molecule has 6 heteroatoms. The minimum atomic E-state index is -0.144. The molecule has 2 rings (SSSR count). The average molecular weight is 465 g/mol. The van der Waals surface area contributed by atoms with Crippen LogP contribution in [0.3, 0.4) is 0 Å². The molecule has 0 spiro atoms. The Labute approximate surface area is 146 Å². The summed E-state index contributed by atoms with van der Waals surface area (Å²) in [5, 5.41) is 5.81. The van der Waals surface area contributed by atoms with Gasteiger partial charge in [-0.05, 0) is 53.6 Å². The first-order valence-corrected chi connectivity index (χ1v) is 8.96. The highest BCUT2D eigenvalue weighted by Gasteiger charge is 2.17. The van der Waals surface area contributed by atoms with Gasteiger partial charge in [-0.2, -0.15) is 0 Å². The van der Waals surface area contributed by atoms with E-state index in [9.17, 15) is 9.59 Å². The summed E-state index contributed by atoms with van der Waals surface area (Å²) >= 11 is 5.49. The lowest BCUT2D eigenvalue weighted by Gasteiger charge is -2.12. The number of benzene rings is 1. The van der Waals surface area contributed by atoms with Crippen LogP contribution in [0.1, 0.15) is 42.5 Å². The highest BCUT2D eigenvalue weighted by molar-refractivity contribution is 14.1. The Morgan fingerprint density at radius 2 is 2.00 bits per heavy atom. The molecule has 0 aromatic heterocycles. The predicted octanol–water partition coefficient (Wildman–Crippen LogP) is 3.23. The van der Waals surface area contributed by atoms with Gasteiger partial charge < -0.3 is 10.6 Å². The first kappa shape index (κ1) is 16.7. The standard InChI is InChI=1S/C15H18BrIN2O2/c16-10-5-6-13(17)12(9-10)15(21)18-8-7-14(20)19-11-3-1-2-4-11/h5-6,9,11H,1-4,7-8H2,(H,18,21)(H,19,20). The van der Waals surface area contributed by atoms with E-state index in [1.54, 1.807) is 6.07 Å². The van der Waals surface area contributed by atoms with Crippen molar-refractivity contribution in [2.24, 2.45) is 0 Å². The highest BCUT2D eigenvalue weighted by atomic mass is 127. The van der Waals surface area contributed by atoms with Crippen molar-refractivity contribution in [3.8, 4) is 0 Å². The zero-order chi connectivity index (χ0) is 15.2. The lowest BCUT2D eigenvalue weighted by molar-refractivity contribution is -0.121. The Kier molecular flexibility index (Phi) is 6.47. The molecule has 1 aliphatic carbocycles. The molecule has 0 unspecified atom stereocenters. The van der Waals surface area contributed by atoms with Crippen molar-refractivity contribution >= 4 is 50.3 Å². The molecule has 2 amide bonds. The largest absolute Gasteiger partial charge is 0.353 e. The van der Waals surface area contributed by atoms with E-state index in [2.05, 4.69) is 49.2 Å². The maximum absolute atomic E-state index is 12.1. The number of halogens is 2. The van der Waals surface area contributed by atoms with Crippen LogP contribution in [0, 0.1) is 3.57 Å². The third kappa shape index (κ3) is 5.25. The summed E-state index contributed by atoms with van der Waals surface area (Å²) in [4.78, 5) is 23.8. The van der Waals surface area contributed by atoms with Crippen LogP contribution in [-0.4, -0.2) is 24.4 Å². The smallest absolute Gasteiger partial charge is 0.252 e. The third-order valence-electron chi connectivity index (χ3n) is 3.53. The van der Waals surface area contributed by atoms with Crippen molar-refractivity contribution in [2.45, 2.75) is 38.1 Å². The van der Waals surface area contributed by atoms with Gasteiger partial charge in [-0.25, -0.2) is 0 Å². The lowest BCUT2D eigenvalue weighted by atomic mass is 10.2. The summed E-state index contributed by atoms with van der Waals surface area (Å²) in [6, 6.07) is 5.90. The number of carbonyl (C=O) groups excluding carboxylic acids is 2. The van der Waals surface area contributed by atoms with E-state index >= 15 is 0 Å². The summed E-state index contributed by atoms with van der Waals surface area (Å²) in [5.41, 5.74) is 0.626. The molecule has 0 bridgehead atoms. The number of rotatable bonds is 5. The highest BCUT2D eigenvalue weighted by Crippen LogP contribution is 2.19. The maximum atomic E-state index is 12.1. The van der Waals surface area contributed by atoms with Crippen molar-refractivity contribution in [1.82, 2.24) is 10.6 Å². The topological polar surface area (TPSA) is 58.2 Å². The van der Waals surface area contributed by atoms with E-state index in [-0.39, 0.29) is 11.8 Å². The molecule has 2 N–H and O–H groups in total. The number of nitrogens with one attached hydrogen (secondary N) is 2. The van der Waals surface area contributed by atoms with Crippen LogP contribution in [0.25, 0.3) is 0 Å². The second-order valence-electron chi connectivity index (χ2n) is 5.18. The normalized spacial score (nSPS) is 15.0. The zero-order valence-corrected chi connectivity index (χ0v) is 15.4. The first-order valence-electron chi connectivity index (χ1n) is 7.09. The van der Waals surface area contributed by atoms with Crippen LogP contribution >= 0.6 is 38.5 Å². The van der Waals surface area contributed by atoms with E-state index in [0.29, 0.717) is 24.6 Å². The fourth-order valence-electron chi connectivity index (χ4n) is 2.43. The summed E-state index contributed by atoms with van der Waals surface area (Å²) < 4.78 is 1.76. The molecule has 1 fully saturated rings. The quantitative estimate of drug-likeness (QED) is 0.657. The van der Waals surface area contributed by atoms with Gasteiger partial charge in [-0.3, -0.25) is 9.59 Å². The van der Waals surface area contributed by atoms with Crippen LogP contribution in [0.5, 0.6) is 0 Å². The van der Waals surface area contributed by atoms with E-state index in [4.69, 9.17) is 0 Å². The van der Waals surface area contributed by atoms with Crippen molar-refractivity contribution in [1.29, 1.82) is 0 Å². The van der Waals surface area contributed by atoms with E-state index in [1.807, 2.05) is 12.1 Å². The van der Waals surface area contributed by atoms with Crippen LogP contribution < -0.4 is 10.6 Å². The van der Waals surface area contributed by atoms with Gasteiger partial charge in [0.05, 0.1) is 5.56 Å². The molecule has 1 aromatic carbocycles. The summed E-state index contributed by atoms with van der Waals surface area (Å²) in [7, 11) is 0. The Morgan fingerprint density at radius 3 is 2.71 bits per heavy atom. The minimum Gasteiger partial charge on any atom is -0.353 e. The molecule has 0 aliphatic heterocycles. The monoisotopic (exact) mass is 464 g/mol. The molecule has 1 aromatic rings. The molecule has 1 saturated carbocycles. The van der Waals surface area contributed by atoms with Gasteiger partial charge in [0.15, 0.2) is 0 Å². The van der Waals surface area contributed by atoms with E-state index in [0.717, 1.165) is 20.9 Å². The third-order valence-corrected chi connectivity index (χ3v) is 4.96. The molecule has 4 nitrogen and oxygen atoms in total. The van der Waals surface area contributed by atoms with Crippen molar-refractivity contribution in [3.05, 3.63) is 31.8 Å². The number of hydrogen-bond acceptors (Lipinski definition) is 2. The molecule has 0 radical (unpaired) electrons. The lowest BCUT2D eigenvalue weighted by Crippen LogP contribution is -2.35. The van der Waals surface area contributed by atoms with Gasteiger partial charge in [0.1, 0.15) is 0 Å². The van der Waals surface area contributed by atoms with Crippen LogP contribution in [0.15, 0.2) is 22.7 Å². The predicted molar refractivity (Wildman–Crippen MR) is 94.2 cm³/mol. The van der Waals surface area contributed by atoms with Crippen molar-refractivity contribution in [3.63, 3.8) is 0 Å².